The highest BCUT2D eigenvalue weighted by Gasteiger charge is 2.36. The van der Waals surface area contributed by atoms with Crippen molar-refractivity contribution in [2.45, 2.75) is 25.4 Å². The van der Waals surface area contributed by atoms with Crippen molar-refractivity contribution in [3.8, 4) is 0 Å². The fourth-order valence-corrected chi connectivity index (χ4v) is 3.29. The highest BCUT2D eigenvalue weighted by Crippen LogP contribution is 2.37. The van der Waals surface area contributed by atoms with E-state index in [-0.39, 0.29) is 6.10 Å². The van der Waals surface area contributed by atoms with Gasteiger partial charge in [-0.05, 0) is 24.7 Å². The highest BCUT2D eigenvalue weighted by molar-refractivity contribution is 4.89. The molecule has 4 heteroatoms. The number of aliphatic hydroxyl groups excluding tert-OH is 1. The predicted octanol–water partition coefficient (Wildman–Crippen LogP) is 0.315. The molecule has 17 heavy (non-hydrogen) atoms. The van der Waals surface area contributed by atoms with Crippen molar-refractivity contribution in [1.82, 2.24) is 10.2 Å². The van der Waals surface area contributed by atoms with Gasteiger partial charge in [0, 0.05) is 39.8 Å². The molecule has 0 bridgehead atoms. The second kappa shape index (κ2) is 6.69. The number of aliphatic hydroxyl groups is 1. The first-order valence-electron chi connectivity index (χ1n) is 6.89. The summed E-state index contributed by atoms with van der Waals surface area (Å²) in [6.07, 6.45) is 3.99. The van der Waals surface area contributed by atoms with Crippen molar-refractivity contribution in [3.63, 3.8) is 0 Å². The van der Waals surface area contributed by atoms with Crippen LogP contribution in [0.4, 0.5) is 0 Å². The number of likely N-dealkylation sites (tertiary alicyclic amines) is 1. The minimum atomic E-state index is -0.245. The van der Waals surface area contributed by atoms with Crippen molar-refractivity contribution in [2.24, 2.45) is 11.8 Å². The van der Waals surface area contributed by atoms with Gasteiger partial charge in [0.25, 0.3) is 0 Å². The van der Waals surface area contributed by atoms with Gasteiger partial charge in [0.15, 0.2) is 0 Å². The van der Waals surface area contributed by atoms with E-state index < -0.39 is 0 Å². The van der Waals surface area contributed by atoms with Crippen LogP contribution in [0.15, 0.2) is 0 Å². The van der Waals surface area contributed by atoms with Crippen molar-refractivity contribution in [1.29, 1.82) is 0 Å². The van der Waals surface area contributed by atoms with Crippen molar-refractivity contribution < 1.29 is 9.84 Å². The standard InChI is InChI=1S/C13H26N2O2/c1-17-6-5-14-7-13(16)10-15-8-11-3-2-4-12(11)9-15/h11-14,16H,2-10H2,1H3. The van der Waals surface area contributed by atoms with Crippen LogP contribution in [0.2, 0.25) is 0 Å². The molecule has 0 aromatic rings. The predicted molar refractivity (Wildman–Crippen MR) is 68.0 cm³/mol. The highest BCUT2D eigenvalue weighted by atomic mass is 16.5. The van der Waals surface area contributed by atoms with Crippen molar-refractivity contribution in [2.75, 3.05) is 46.4 Å². The minimum absolute atomic E-state index is 0.245. The molecular weight excluding hydrogens is 216 g/mol. The number of nitrogens with one attached hydrogen (secondary N) is 1. The van der Waals surface area contributed by atoms with Gasteiger partial charge in [0.05, 0.1) is 12.7 Å². The first-order chi connectivity index (χ1) is 8.29. The summed E-state index contributed by atoms with van der Waals surface area (Å²) in [5.41, 5.74) is 0. The van der Waals surface area contributed by atoms with Crippen LogP contribution in [0, 0.1) is 11.8 Å². The van der Waals surface area contributed by atoms with E-state index in [1.165, 1.54) is 32.4 Å². The quantitative estimate of drug-likeness (QED) is 0.631. The lowest BCUT2D eigenvalue weighted by molar-refractivity contribution is 0.116. The molecule has 2 fully saturated rings. The molecule has 0 amide bonds. The maximum absolute atomic E-state index is 9.93. The van der Waals surface area contributed by atoms with Gasteiger partial charge in [-0.25, -0.2) is 0 Å². The van der Waals surface area contributed by atoms with Crippen LogP contribution in [0.5, 0.6) is 0 Å². The molecule has 0 aromatic carbocycles. The zero-order chi connectivity index (χ0) is 12.1. The number of rotatable bonds is 7. The fourth-order valence-electron chi connectivity index (χ4n) is 3.29. The fraction of sp³-hybridized carbons (Fsp3) is 1.00. The molecule has 0 radical (unpaired) electrons. The van der Waals surface area contributed by atoms with E-state index in [1.807, 2.05) is 0 Å². The first-order valence-corrected chi connectivity index (χ1v) is 6.89. The maximum atomic E-state index is 9.93. The van der Waals surface area contributed by atoms with Gasteiger partial charge in [-0.3, -0.25) is 0 Å². The molecule has 0 aromatic heterocycles. The first kappa shape index (κ1) is 13.3. The molecule has 2 rings (SSSR count). The summed E-state index contributed by atoms with van der Waals surface area (Å²) in [4.78, 5) is 2.44. The molecule has 0 spiro atoms. The van der Waals surface area contributed by atoms with Gasteiger partial charge < -0.3 is 20.1 Å². The zero-order valence-electron chi connectivity index (χ0n) is 10.9. The third kappa shape index (κ3) is 3.91. The average Bonchev–Trinajstić information content (AvgIpc) is 2.84. The molecule has 3 atom stereocenters. The molecule has 3 unspecified atom stereocenters. The Morgan fingerprint density at radius 1 is 1.35 bits per heavy atom. The van der Waals surface area contributed by atoms with Gasteiger partial charge in [-0.1, -0.05) is 6.42 Å². The van der Waals surface area contributed by atoms with Crippen LogP contribution in [0.25, 0.3) is 0 Å². The molecule has 1 aliphatic heterocycles. The van der Waals surface area contributed by atoms with Gasteiger partial charge in [-0.15, -0.1) is 0 Å². The van der Waals surface area contributed by atoms with E-state index >= 15 is 0 Å². The zero-order valence-corrected chi connectivity index (χ0v) is 10.9. The lowest BCUT2D eigenvalue weighted by atomic mass is 10.0. The Balaban J connectivity index is 1.58. The number of hydrogen-bond acceptors (Lipinski definition) is 4. The monoisotopic (exact) mass is 242 g/mol. The summed E-state index contributed by atoms with van der Waals surface area (Å²) < 4.78 is 4.95. The SMILES string of the molecule is COCCNCC(O)CN1CC2CCCC2C1. The number of nitrogens with zero attached hydrogens (tertiary/aromatic N) is 1. The van der Waals surface area contributed by atoms with Gasteiger partial charge in [-0.2, -0.15) is 0 Å². The Kier molecular flexibility index (Phi) is 5.22. The molecule has 4 nitrogen and oxygen atoms in total. The number of ether oxygens (including phenoxy) is 1. The van der Waals surface area contributed by atoms with E-state index in [0.29, 0.717) is 13.2 Å². The molecular formula is C13H26N2O2. The van der Waals surface area contributed by atoms with Crippen molar-refractivity contribution >= 4 is 0 Å². The van der Waals surface area contributed by atoms with Crippen molar-refractivity contribution in [3.05, 3.63) is 0 Å². The number of β-amino-alcohol motifs (C(OH)–C–C–N with tert-alkyl or cyclic N) is 1. The Hall–Kier alpha value is -0.160. The average molecular weight is 242 g/mol. The number of fused-ring (bicyclic) bond motifs is 1. The largest absolute Gasteiger partial charge is 0.390 e. The van der Waals surface area contributed by atoms with Crippen LogP contribution >= 0.6 is 0 Å². The molecule has 1 saturated carbocycles. The molecule has 1 saturated heterocycles. The Morgan fingerprint density at radius 3 is 2.71 bits per heavy atom. The van der Waals surface area contributed by atoms with E-state index in [1.54, 1.807) is 7.11 Å². The Morgan fingerprint density at radius 2 is 2.06 bits per heavy atom. The lowest BCUT2D eigenvalue weighted by Gasteiger charge is -2.21. The van der Waals surface area contributed by atoms with Crippen LogP contribution < -0.4 is 5.32 Å². The topological polar surface area (TPSA) is 44.7 Å². The smallest absolute Gasteiger partial charge is 0.0791 e. The molecule has 2 aliphatic rings. The summed E-state index contributed by atoms with van der Waals surface area (Å²) >= 11 is 0. The summed E-state index contributed by atoms with van der Waals surface area (Å²) in [7, 11) is 1.70. The van der Waals surface area contributed by atoms with Gasteiger partial charge >= 0.3 is 0 Å². The normalized spacial score (nSPS) is 30.7. The maximum Gasteiger partial charge on any atom is 0.0791 e. The second-order valence-electron chi connectivity index (χ2n) is 5.52. The second-order valence-corrected chi connectivity index (χ2v) is 5.52. The van der Waals surface area contributed by atoms with E-state index in [4.69, 9.17) is 4.74 Å². The molecule has 100 valence electrons. The van der Waals surface area contributed by atoms with Crippen LogP contribution in [-0.2, 0) is 4.74 Å². The molecule has 1 aliphatic carbocycles. The van der Waals surface area contributed by atoms with Crippen LogP contribution in [-0.4, -0.2) is 62.6 Å². The van der Waals surface area contributed by atoms with Gasteiger partial charge in [0.1, 0.15) is 0 Å². The Bertz CT molecular complexity index is 213. The van der Waals surface area contributed by atoms with E-state index in [2.05, 4.69) is 10.2 Å². The summed E-state index contributed by atoms with van der Waals surface area (Å²) in [6.45, 7) is 5.45. The summed E-state index contributed by atoms with van der Waals surface area (Å²) in [6, 6.07) is 0. The van der Waals surface area contributed by atoms with Crippen LogP contribution in [0.1, 0.15) is 19.3 Å². The minimum Gasteiger partial charge on any atom is -0.390 e. The number of methoxy groups -OCH3 is 1. The third-order valence-electron chi connectivity index (χ3n) is 4.13. The lowest BCUT2D eigenvalue weighted by Crippen LogP contribution is -2.38. The molecule has 2 N–H and O–H groups in total. The molecule has 1 heterocycles. The van der Waals surface area contributed by atoms with Crippen LogP contribution in [0.3, 0.4) is 0 Å². The number of hydrogen-bond donors (Lipinski definition) is 2. The third-order valence-corrected chi connectivity index (χ3v) is 4.13. The summed E-state index contributed by atoms with van der Waals surface area (Å²) in [5, 5.41) is 13.1. The van der Waals surface area contributed by atoms with Gasteiger partial charge in [0.2, 0.25) is 0 Å². The van der Waals surface area contributed by atoms with E-state index in [0.717, 1.165) is 24.9 Å². The Labute approximate surface area is 104 Å². The summed E-state index contributed by atoms with van der Waals surface area (Å²) in [5.74, 6) is 1.84. The van der Waals surface area contributed by atoms with E-state index in [9.17, 15) is 5.11 Å².